The Labute approximate surface area is 129 Å². The van der Waals surface area contributed by atoms with Gasteiger partial charge in [0.05, 0.1) is 11.9 Å². The first kappa shape index (κ1) is 14.2. The van der Waals surface area contributed by atoms with Crippen molar-refractivity contribution in [1.82, 2.24) is 29.5 Å². The van der Waals surface area contributed by atoms with Gasteiger partial charge in [0.25, 0.3) is 0 Å². The Bertz CT molecular complexity index is 730. The highest BCUT2D eigenvalue weighted by Gasteiger charge is 2.08. The summed E-state index contributed by atoms with van der Waals surface area (Å²) in [6.07, 6.45) is 10.3. The van der Waals surface area contributed by atoms with Crippen LogP contribution in [0.5, 0.6) is 0 Å². The molecule has 0 aliphatic heterocycles. The Morgan fingerprint density at radius 1 is 1.23 bits per heavy atom. The highest BCUT2D eigenvalue weighted by molar-refractivity contribution is 5.61. The van der Waals surface area contributed by atoms with E-state index in [9.17, 15) is 0 Å². The third-order valence-electron chi connectivity index (χ3n) is 3.36. The van der Waals surface area contributed by atoms with E-state index in [1.165, 1.54) is 0 Å². The van der Waals surface area contributed by atoms with Gasteiger partial charge in [0.15, 0.2) is 0 Å². The summed E-state index contributed by atoms with van der Waals surface area (Å²) in [5.74, 6) is 0.643. The zero-order valence-corrected chi connectivity index (χ0v) is 12.8. The van der Waals surface area contributed by atoms with Crippen LogP contribution in [0.4, 0.5) is 5.95 Å². The van der Waals surface area contributed by atoms with Crippen LogP contribution in [-0.4, -0.2) is 36.1 Å². The molecule has 0 aromatic carbocycles. The van der Waals surface area contributed by atoms with Crippen LogP contribution >= 0.6 is 0 Å². The molecule has 114 valence electrons. The highest BCUT2D eigenvalue weighted by Crippen LogP contribution is 2.20. The second-order valence-electron chi connectivity index (χ2n) is 5.18. The van der Waals surface area contributed by atoms with E-state index in [0.29, 0.717) is 5.95 Å². The van der Waals surface area contributed by atoms with Crippen LogP contribution in [0.2, 0.25) is 0 Å². The molecule has 1 N–H and O–H groups in total. The number of aryl methyl sites for hydroxylation is 3. The monoisotopic (exact) mass is 297 g/mol. The summed E-state index contributed by atoms with van der Waals surface area (Å²) in [6.45, 7) is 3.68. The predicted molar refractivity (Wildman–Crippen MR) is 84.3 cm³/mol. The molecular weight excluding hydrogens is 278 g/mol. The third-order valence-corrected chi connectivity index (χ3v) is 3.36. The normalized spacial score (nSPS) is 10.8. The molecule has 7 nitrogen and oxygen atoms in total. The Hall–Kier alpha value is -2.70. The lowest BCUT2D eigenvalue weighted by molar-refractivity contribution is 0.591. The van der Waals surface area contributed by atoms with Crippen molar-refractivity contribution in [1.29, 1.82) is 0 Å². The smallest absolute Gasteiger partial charge is 0.223 e. The Morgan fingerprint density at radius 3 is 2.86 bits per heavy atom. The van der Waals surface area contributed by atoms with Gasteiger partial charge in [0, 0.05) is 50.5 Å². The minimum atomic E-state index is 0.643. The molecule has 0 fully saturated rings. The quantitative estimate of drug-likeness (QED) is 0.703. The van der Waals surface area contributed by atoms with E-state index in [1.54, 1.807) is 10.9 Å². The molecule has 0 unspecified atom stereocenters. The van der Waals surface area contributed by atoms with Crippen LogP contribution in [0.3, 0.4) is 0 Å². The van der Waals surface area contributed by atoms with Gasteiger partial charge in [0.2, 0.25) is 5.95 Å². The number of anilines is 1. The van der Waals surface area contributed by atoms with Gasteiger partial charge in [-0.05, 0) is 25.0 Å². The maximum Gasteiger partial charge on any atom is 0.223 e. The average molecular weight is 297 g/mol. The zero-order chi connectivity index (χ0) is 15.4. The van der Waals surface area contributed by atoms with Crippen LogP contribution in [0, 0.1) is 6.92 Å². The van der Waals surface area contributed by atoms with E-state index < -0.39 is 0 Å². The van der Waals surface area contributed by atoms with Crippen molar-refractivity contribution < 1.29 is 0 Å². The van der Waals surface area contributed by atoms with Gasteiger partial charge in [-0.25, -0.2) is 9.97 Å². The molecule has 3 aromatic rings. The van der Waals surface area contributed by atoms with Crippen LogP contribution < -0.4 is 5.32 Å². The van der Waals surface area contributed by atoms with E-state index in [1.807, 2.05) is 49.5 Å². The molecule has 3 heterocycles. The summed E-state index contributed by atoms with van der Waals surface area (Å²) in [6, 6.07) is 1.93. The lowest BCUT2D eigenvalue weighted by Crippen LogP contribution is -2.09. The van der Waals surface area contributed by atoms with Gasteiger partial charge >= 0.3 is 0 Å². The molecule has 0 bridgehead atoms. The molecule has 0 spiro atoms. The van der Waals surface area contributed by atoms with E-state index in [-0.39, 0.29) is 0 Å². The Balaban J connectivity index is 1.62. The molecule has 0 aliphatic rings. The number of hydrogen-bond acceptors (Lipinski definition) is 5. The summed E-state index contributed by atoms with van der Waals surface area (Å²) >= 11 is 0. The van der Waals surface area contributed by atoms with Crippen molar-refractivity contribution in [2.75, 3.05) is 11.9 Å². The lowest BCUT2D eigenvalue weighted by atomic mass is 10.1. The molecule has 0 aliphatic carbocycles. The van der Waals surface area contributed by atoms with Crippen molar-refractivity contribution in [2.24, 2.45) is 7.05 Å². The molecule has 0 saturated heterocycles. The molecule has 0 radical (unpaired) electrons. The predicted octanol–water partition coefficient (Wildman–Crippen LogP) is 1.88. The van der Waals surface area contributed by atoms with Gasteiger partial charge in [-0.3, -0.25) is 9.36 Å². The second kappa shape index (κ2) is 6.38. The van der Waals surface area contributed by atoms with Crippen molar-refractivity contribution >= 4 is 5.95 Å². The summed E-state index contributed by atoms with van der Waals surface area (Å²) in [5.41, 5.74) is 2.95. The zero-order valence-electron chi connectivity index (χ0n) is 12.8. The molecule has 0 saturated carbocycles. The van der Waals surface area contributed by atoms with Gasteiger partial charge in [-0.2, -0.15) is 10.2 Å². The topological polar surface area (TPSA) is 73.5 Å². The molecule has 0 amide bonds. The SMILES string of the molecule is Cc1cnc(NCCCn2cccn2)nc1-c1cnn(C)c1. The fourth-order valence-corrected chi connectivity index (χ4v) is 2.24. The average Bonchev–Trinajstić information content (AvgIpc) is 3.17. The van der Waals surface area contributed by atoms with Crippen molar-refractivity contribution in [3.63, 3.8) is 0 Å². The third kappa shape index (κ3) is 3.30. The first-order valence-electron chi connectivity index (χ1n) is 7.26. The van der Waals surface area contributed by atoms with Crippen molar-refractivity contribution in [3.8, 4) is 11.3 Å². The van der Waals surface area contributed by atoms with Gasteiger partial charge < -0.3 is 5.32 Å². The molecule has 3 aromatic heterocycles. The molecule has 7 heteroatoms. The van der Waals surface area contributed by atoms with Crippen LogP contribution in [0.25, 0.3) is 11.3 Å². The fourth-order valence-electron chi connectivity index (χ4n) is 2.24. The summed E-state index contributed by atoms with van der Waals surface area (Å²) in [5, 5.41) is 11.6. The summed E-state index contributed by atoms with van der Waals surface area (Å²) in [7, 11) is 1.90. The maximum atomic E-state index is 4.59. The molecular formula is C15H19N7. The molecule has 3 rings (SSSR count). The first-order chi connectivity index (χ1) is 10.7. The minimum absolute atomic E-state index is 0.643. The van der Waals surface area contributed by atoms with Gasteiger partial charge in [-0.1, -0.05) is 0 Å². The summed E-state index contributed by atoms with van der Waals surface area (Å²) in [4.78, 5) is 8.93. The number of rotatable bonds is 6. The van der Waals surface area contributed by atoms with E-state index in [4.69, 9.17) is 0 Å². The Morgan fingerprint density at radius 2 is 2.14 bits per heavy atom. The van der Waals surface area contributed by atoms with Crippen molar-refractivity contribution in [2.45, 2.75) is 19.9 Å². The summed E-state index contributed by atoms with van der Waals surface area (Å²) < 4.78 is 3.69. The maximum absolute atomic E-state index is 4.59. The van der Waals surface area contributed by atoms with Crippen molar-refractivity contribution in [3.05, 3.63) is 42.6 Å². The standard InChI is InChI=1S/C15H19N7/c1-12-9-17-15(16-5-3-7-22-8-4-6-18-22)20-14(12)13-10-19-21(2)11-13/h4,6,8-11H,3,5,7H2,1-2H3,(H,16,17,20). The van der Waals surface area contributed by atoms with Crippen LogP contribution in [0.15, 0.2) is 37.1 Å². The number of nitrogens with one attached hydrogen (secondary N) is 1. The molecule has 0 atom stereocenters. The minimum Gasteiger partial charge on any atom is -0.354 e. The number of hydrogen-bond donors (Lipinski definition) is 1. The number of aromatic nitrogens is 6. The highest BCUT2D eigenvalue weighted by atomic mass is 15.3. The van der Waals surface area contributed by atoms with E-state index >= 15 is 0 Å². The Kier molecular flexibility index (Phi) is 4.13. The van der Waals surface area contributed by atoms with Crippen LogP contribution in [-0.2, 0) is 13.6 Å². The van der Waals surface area contributed by atoms with Gasteiger partial charge in [0.1, 0.15) is 0 Å². The van der Waals surface area contributed by atoms with Crippen LogP contribution in [0.1, 0.15) is 12.0 Å². The van der Waals surface area contributed by atoms with Gasteiger partial charge in [-0.15, -0.1) is 0 Å². The lowest BCUT2D eigenvalue weighted by Gasteiger charge is -2.08. The molecule has 22 heavy (non-hydrogen) atoms. The first-order valence-corrected chi connectivity index (χ1v) is 7.26. The van der Waals surface area contributed by atoms with E-state index in [2.05, 4.69) is 25.5 Å². The second-order valence-corrected chi connectivity index (χ2v) is 5.18. The largest absolute Gasteiger partial charge is 0.354 e. The number of nitrogens with zero attached hydrogens (tertiary/aromatic N) is 6. The fraction of sp³-hybridized carbons (Fsp3) is 0.333. The van der Waals surface area contributed by atoms with E-state index in [0.717, 1.165) is 36.3 Å².